The van der Waals surface area contributed by atoms with Crippen molar-refractivity contribution in [1.82, 2.24) is 15.3 Å². The van der Waals surface area contributed by atoms with Gasteiger partial charge in [-0.2, -0.15) is 5.26 Å². The SMILES string of the molecule is C=CC(=O)N[C@@H](C(=O)Nc1cc(C#N)cnc1NCC)c1cncc(N)c1. The fourth-order valence-electron chi connectivity index (χ4n) is 2.27. The maximum absolute atomic E-state index is 12.9. The smallest absolute Gasteiger partial charge is 0.251 e. The van der Waals surface area contributed by atoms with Gasteiger partial charge in [-0.15, -0.1) is 0 Å². The molecule has 0 aliphatic carbocycles. The van der Waals surface area contributed by atoms with Crippen LogP contribution in [0.15, 0.2) is 43.4 Å². The Bertz CT molecular complexity index is 905. The van der Waals surface area contributed by atoms with Crippen molar-refractivity contribution in [3.05, 3.63) is 54.5 Å². The van der Waals surface area contributed by atoms with Gasteiger partial charge in [0.25, 0.3) is 5.91 Å². The third-order valence-corrected chi connectivity index (χ3v) is 3.47. The van der Waals surface area contributed by atoms with E-state index < -0.39 is 17.9 Å². The number of rotatable bonds is 7. The van der Waals surface area contributed by atoms with Crippen molar-refractivity contribution in [2.24, 2.45) is 0 Å². The molecule has 2 aromatic rings. The molecule has 9 heteroatoms. The number of hydrogen-bond acceptors (Lipinski definition) is 7. The number of carbonyl (C=O) groups is 2. The number of aromatic nitrogens is 2. The van der Waals surface area contributed by atoms with Crippen LogP contribution in [0.2, 0.25) is 0 Å². The van der Waals surface area contributed by atoms with Gasteiger partial charge < -0.3 is 21.7 Å². The molecule has 0 saturated carbocycles. The first-order valence-corrected chi connectivity index (χ1v) is 8.06. The van der Waals surface area contributed by atoms with Crippen molar-refractivity contribution in [2.75, 3.05) is 22.9 Å². The van der Waals surface area contributed by atoms with Gasteiger partial charge in [-0.25, -0.2) is 4.98 Å². The Balaban J connectivity index is 2.37. The van der Waals surface area contributed by atoms with Gasteiger partial charge in [0, 0.05) is 30.7 Å². The summed E-state index contributed by atoms with van der Waals surface area (Å²) in [5.74, 6) is -0.675. The maximum Gasteiger partial charge on any atom is 0.251 e. The minimum atomic E-state index is -1.06. The predicted molar refractivity (Wildman–Crippen MR) is 101 cm³/mol. The van der Waals surface area contributed by atoms with E-state index in [2.05, 4.69) is 32.5 Å². The molecule has 0 fully saturated rings. The van der Waals surface area contributed by atoms with E-state index in [0.29, 0.717) is 29.3 Å². The second kappa shape index (κ2) is 8.96. The summed E-state index contributed by atoms with van der Waals surface area (Å²) in [6, 6.07) is 3.94. The average molecular weight is 365 g/mol. The quantitative estimate of drug-likeness (QED) is 0.542. The second-order valence-corrected chi connectivity index (χ2v) is 5.45. The number of nitrogens with zero attached hydrogens (tertiary/aromatic N) is 3. The topological polar surface area (TPSA) is 146 Å². The van der Waals surface area contributed by atoms with Gasteiger partial charge in [0.15, 0.2) is 0 Å². The molecule has 2 aromatic heterocycles. The molecule has 9 nitrogen and oxygen atoms in total. The van der Waals surface area contributed by atoms with Gasteiger partial charge in [0.2, 0.25) is 5.91 Å². The van der Waals surface area contributed by atoms with Crippen molar-refractivity contribution in [3.8, 4) is 6.07 Å². The zero-order chi connectivity index (χ0) is 19.8. The number of amides is 2. The number of nitriles is 1. The van der Waals surface area contributed by atoms with E-state index >= 15 is 0 Å². The number of nitrogen functional groups attached to an aromatic ring is 1. The van der Waals surface area contributed by atoms with Crippen molar-refractivity contribution >= 4 is 29.0 Å². The number of hydrogen-bond donors (Lipinski definition) is 4. The molecular formula is C18H19N7O2. The predicted octanol–water partition coefficient (Wildman–Crippen LogP) is 1.34. The molecule has 2 heterocycles. The number of carbonyl (C=O) groups excluding carboxylic acids is 2. The van der Waals surface area contributed by atoms with Crippen LogP contribution in [0.5, 0.6) is 0 Å². The molecule has 2 amide bonds. The lowest BCUT2D eigenvalue weighted by atomic mass is 10.1. The first-order chi connectivity index (χ1) is 13.0. The van der Waals surface area contributed by atoms with Crippen LogP contribution >= 0.6 is 0 Å². The summed E-state index contributed by atoms with van der Waals surface area (Å²) in [5, 5.41) is 17.3. The first kappa shape index (κ1) is 19.4. The zero-order valence-electron chi connectivity index (χ0n) is 14.7. The second-order valence-electron chi connectivity index (χ2n) is 5.45. The van der Waals surface area contributed by atoms with E-state index in [0.717, 1.165) is 6.08 Å². The number of nitrogens with one attached hydrogen (secondary N) is 3. The molecule has 0 bridgehead atoms. The normalized spacial score (nSPS) is 11.0. The number of anilines is 3. The van der Waals surface area contributed by atoms with Crippen molar-refractivity contribution < 1.29 is 9.59 Å². The molecule has 0 saturated heterocycles. The summed E-state index contributed by atoms with van der Waals surface area (Å²) in [7, 11) is 0. The Hall–Kier alpha value is -3.93. The first-order valence-electron chi connectivity index (χ1n) is 8.06. The van der Waals surface area contributed by atoms with E-state index in [1.54, 1.807) is 0 Å². The van der Waals surface area contributed by atoms with Gasteiger partial charge in [-0.3, -0.25) is 14.6 Å². The highest BCUT2D eigenvalue weighted by molar-refractivity contribution is 6.01. The molecule has 5 N–H and O–H groups in total. The molecule has 0 aromatic carbocycles. The summed E-state index contributed by atoms with van der Waals surface area (Å²) >= 11 is 0. The standard InChI is InChI=1S/C18H19N7O2/c1-3-15(26)25-16(12-6-13(20)10-21-9-12)18(27)24-14-5-11(7-19)8-23-17(14)22-4-2/h3,5-6,8-10,16H,1,4,20H2,2H3,(H,22,23)(H,24,27)(H,25,26)/t16-/m1/s1. The zero-order valence-corrected chi connectivity index (χ0v) is 14.7. The van der Waals surface area contributed by atoms with Gasteiger partial charge >= 0.3 is 0 Å². The van der Waals surface area contributed by atoms with Crippen LogP contribution in [0.4, 0.5) is 17.2 Å². The molecule has 0 aliphatic rings. The third-order valence-electron chi connectivity index (χ3n) is 3.47. The molecule has 0 radical (unpaired) electrons. The van der Waals surface area contributed by atoms with Crippen molar-refractivity contribution in [3.63, 3.8) is 0 Å². The van der Waals surface area contributed by atoms with E-state index in [-0.39, 0.29) is 5.56 Å². The number of nitrogens with two attached hydrogens (primary N) is 1. The highest BCUT2D eigenvalue weighted by atomic mass is 16.2. The fraction of sp³-hybridized carbons (Fsp3) is 0.167. The number of pyridine rings is 2. The Morgan fingerprint density at radius 1 is 1.37 bits per heavy atom. The summed E-state index contributed by atoms with van der Waals surface area (Å²) in [4.78, 5) is 32.7. The van der Waals surface area contributed by atoms with Gasteiger partial charge in [-0.1, -0.05) is 6.58 Å². The lowest BCUT2D eigenvalue weighted by Crippen LogP contribution is -2.36. The van der Waals surface area contributed by atoms with Crippen LogP contribution in [0, 0.1) is 11.3 Å². The highest BCUT2D eigenvalue weighted by Crippen LogP contribution is 2.23. The van der Waals surface area contributed by atoms with Crippen molar-refractivity contribution in [2.45, 2.75) is 13.0 Å². The third kappa shape index (κ3) is 5.02. The van der Waals surface area contributed by atoms with Crippen molar-refractivity contribution in [1.29, 1.82) is 5.26 Å². The molecule has 1 atom stereocenters. The summed E-state index contributed by atoms with van der Waals surface area (Å²) < 4.78 is 0. The minimum absolute atomic E-state index is 0.282. The summed E-state index contributed by atoms with van der Waals surface area (Å²) in [5.41, 5.74) is 7.07. The molecular weight excluding hydrogens is 346 g/mol. The molecule has 138 valence electrons. The van der Waals surface area contributed by atoms with Crippen LogP contribution < -0.4 is 21.7 Å². The van der Waals surface area contributed by atoms with E-state index in [4.69, 9.17) is 11.0 Å². The lowest BCUT2D eigenvalue weighted by molar-refractivity contribution is -0.124. The van der Waals surface area contributed by atoms with E-state index in [1.807, 2.05) is 13.0 Å². The summed E-state index contributed by atoms with van der Waals surface area (Å²) in [6.07, 6.45) is 5.31. The van der Waals surface area contributed by atoms with Crippen LogP contribution in [0.1, 0.15) is 24.1 Å². The average Bonchev–Trinajstić information content (AvgIpc) is 2.67. The van der Waals surface area contributed by atoms with E-state index in [1.165, 1.54) is 30.7 Å². The summed E-state index contributed by atoms with van der Waals surface area (Å²) in [6.45, 7) is 5.83. The maximum atomic E-state index is 12.9. The minimum Gasteiger partial charge on any atom is -0.397 e. The largest absolute Gasteiger partial charge is 0.397 e. The lowest BCUT2D eigenvalue weighted by Gasteiger charge is -2.19. The van der Waals surface area contributed by atoms with Crippen LogP contribution in [0.3, 0.4) is 0 Å². The van der Waals surface area contributed by atoms with Crippen LogP contribution in [0.25, 0.3) is 0 Å². The van der Waals surface area contributed by atoms with Gasteiger partial charge in [-0.05, 0) is 25.1 Å². The van der Waals surface area contributed by atoms with E-state index in [9.17, 15) is 9.59 Å². The fourth-order valence-corrected chi connectivity index (χ4v) is 2.27. The Morgan fingerprint density at radius 2 is 2.15 bits per heavy atom. The van der Waals surface area contributed by atoms with Crippen LogP contribution in [-0.4, -0.2) is 28.3 Å². The Labute approximate surface area is 156 Å². The Morgan fingerprint density at radius 3 is 2.78 bits per heavy atom. The monoisotopic (exact) mass is 365 g/mol. The van der Waals surface area contributed by atoms with Gasteiger partial charge in [0.1, 0.15) is 17.9 Å². The van der Waals surface area contributed by atoms with Gasteiger partial charge in [0.05, 0.1) is 16.9 Å². The molecule has 0 aliphatic heterocycles. The molecule has 0 unspecified atom stereocenters. The van der Waals surface area contributed by atoms with Crippen LogP contribution in [-0.2, 0) is 9.59 Å². The molecule has 0 spiro atoms. The molecule has 27 heavy (non-hydrogen) atoms. The highest BCUT2D eigenvalue weighted by Gasteiger charge is 2.24. The molecule has 2 rings (SSSR count). The Kier molecular flexibility index (Phi) is 6.44.